The van der Waals surface area contributed by atoms with Gasteiger partial charge in [-0.2, -0.15) is 4.31 Å². The number of halogens is 1. The second-order valence-corrected chi connectivity index (χ2v) is 9.29. The molecule has 1 amide bonds. The molecule has 1 N–H and O–H groups in total. The van der Waals surface area contributed by atoms with E-state index in [2.05, 4.69) is 10.3 Å². The third-order valence-electron chi connectivity index (χ3n) is 5.00. The van der Waals surface area contributed by atoms with E-state index >= 15 is 0 Å². The van der Waals surface area contributed by atoms with Crippen molar-refractivity contribution in [2.45, 2.75) is 32.6 Å². The van der Waals surface area contributed by atoms with Crippen LogP contribution in [0.3, 0.4) is 0 Å². The molecule has 0 spiro atoms. The molecular weight excluding hydrogens is 422 g/mol. The van der Waals surface area contributed by atoms with Crippen molar-refractivity contribution in [3.8, 4) is 0 Å². The average Bonchev–Trinajstić information content (AvgIpc) is 2.71. The summed E-state index contributed by atoms with van der Waals surface area (Å²) in [5, 5.41) is 4.31. The third-order valence-corrected chi connectivity index (χ3v) is 7.48. The van der Waals surface area contributed by atoms with Crippen molar-refractivity contribution >= 4 is 44.1 Å². The number of aryl methyl sites for hydroxylation is 2. The maximum Gasteiger partial charge on any atom is 0.255 e. The van der Waals surface area contributed by atoms with Gasteiger partial charge in [0.25, 0.3) is 5.91 Å². The van der Waals surface area contributed by atoms with Crippen LogP contribution in [0.15, 0.2) is 47.4 Å². The van der Waals surface area contributed by atoms with Crippen molar-refractivity contribution in [2.24, 2.45) is 0 Å². The Bertz CT molecular complexity index is 1200. The van der Waals surface area contributed by atoms with Gasteiger partial charge in [-0.25, -0.2) is 8.42 Å². The van der Waals surface area contributed by atoms with Crippen LogP contribution in [0.5, 0.6) is 0 Å². The lowest BCUT2D eigenvalue weighted by Gasteiger charge is -2.18. The van der Waals surface area contributed by atoms with Crippen LogP contribution in [0.4, 0.5) is 5.69 Å². The number of hydrogen-bond donors (Lipinski definition) is 1. The van der Waals surface area contributed by atoms with E-state index in [-0.39, 0.29) is 10.8 Å². The number of aromatic nitrogens is 1. The minimum atomic E-state index is -3.56. The van der Waals surface area contributed by atoms with Crippen LogP contribution >= 0.6 is 11.6 Å². The number of rotatable bonds is 6. The molecule has 6 nitrogen and oxygen atoms in total. The van der Waals surface area contributed by atoms with Crippen molar-refractivity contribution in [3.05, 3.63) is 64.3 Å². The summed E-state index contributed by atoms with van der Waals surface area (Å²) in [5.74, 6) is -0.332. The summed E-state index contributed by atoms with van der Waals surface area (Å²) in [6, 6.07) is 11.4. The van der Waals surface area contributed by atoms with E-state index in [1.807, 2.05) is 19.9 Å². The summed E-state index contributed by atoms with van der Waals surface area (Å²) >= 11 is 6.21. The van der Waals surface area contributed by atoms with E-state index in [0.29, 0.717) is 29.4 Å². The molecule has 158 valence electrons. The summed E-state index contributed by atoms with van der Waals surface area (Å²) in [5.41, 5.74) is 3.32. The van der Waals surface area contributed by atoms with Gasteiger partial charge in [0.1, 0.15) is 0 Å². The Morgan fingerprint density at radius 2 is 1.70 bits per heavy atom. The van der Waals surface area contributed by atoms with Crippen LogP contribution in [0.25, 0.3) is 10.9 Å². The number of amides is 1. The molecule has 0 fully saturated rings. The molecule has 0 aliphatic carbocycles. The lowest BCUT2D eigenvalue weighted by molar-refractivity contribution is 0.102. The summed E-state index contributed by atoms with van der Waals surface area (Å²) in [4.78, 5) is 17.5. The zero-order valence-corrected chi connectivity index (χ0v) is 18.9. The molecule has 0 radical (unpaired) electrons. The van der Waals surface area contributed by atoms with E-state index < -0.39 is 10.0 Å². The number of fused-ring (bicyclic) bond motifs is 1. The van der Waals surface area contributed by atoms with Crippen molar-refractivity contribution < 1.29 is 13.2 Å². The van der Waals surface area contributed by atoms with Crippen molar-refractivity contribution in [2.75, 3.05) is 18.4 Å². The van der Waals surface area contributed by atoms with Crippen LogP contribution < -0.4 is 5.32 Å². The summed E-state index contributed by atoms with van der Waals surface area (Å²) in [6.07, 6.45) is 0. The molecule has 3 rings (SSSR count). The first-order chi connectivity index (χ1) is 14.2. The van der Waals surface area contributed by atoms with E-state index in [1.54, 1.807) is 26.0 Å². The molecular formula is C22H24ClN3O3S. The predicted molar refractivity (Wildman–Crippen MR) is 121 cm³/mol. The SMILES string of the molecule is CCN(CC)S(=O)(=O)c1ccc(C(=O)Nc2cc(C)nc3c(C)c(Cl)ccc23)cc1. The van der Waals surface area contributed by atoms with Gasteiger partial charge >= 0.3 is 0 Å². The van der Waals surface area contributed by atoms with Crippen LogP contribution in [0.2, 0.25) is 5.02 Å². The van der Waals surface area contributed by atoms with Gasteiger partial charge in [-0.15, -0.1) is 0 Å². The number of nitrogens with zero attached hydrogens (tertiary/aromatic N) is 2. The van der Waals surface area contributed by atoms with Gasteiger partial charge in [-0.3, -0.25) is 9.78 Å². The van der Waals surface area contributed by atoms with Crippen LogP contribution in [-0.2, 0) is 10.0 Å². The minimum absolute atomic E-state index is 0.165. The first-order valence-corrected chi connectivity index (χ1v) is 11.5. The predicted octanol–water partition coefficient (Wildman–Crippen LogP) is 4.79. The molecule has 0 unspecified atom stereocenters. The zero-order chi connectivity index (χ0) is 22.1. The number of carbonyl (C=O) groups is 1. The lowest BCUT2D eigenvalue weighted by Crippen LogP contribution is -2.30. The Morgan fingerprint density at radius 1 is 1.07 bits per heavy atom. The second-order valence-electron chi connectivity index (χ2n) is 6.95. The summed E-state index contributed by atoms with van der Waals surface area (Å²) < 4.78 is 26.6. The Morgan fingerprint density at radius 3 is 2.30 bits per heavy atom. The molecule has 1 heterocycles. The van der Waals surface area contributed by atoms with E-state index in [1.165, 1.54) is 28.6 Å². The molecule has 0 saturated carbocycles. The van der Waals surface area contributed by atoms with E-state index in [9.17, 15) is 13.2 Å². The van der Waals surface area contributed by atoms with E-state index in [0.717, 1.165) is 22.2 Å². The molecule has 3 aromatic rings. The maximum absolute atomic E-state index is 12.8. The number of hydrogen-bond acceptors (Lipinski definition) is 4. The highest BCUT2D eigenvalue weighted by atomic mass is 35.5. The molecule has 2 aromatic carbocycles. The Labute approximate surface area is 181 Å². The van der Waals surface area contributed by atoms with Gasteiger partial charge in [0.05, 0.1) is 16.1 Å². The molecule has 1 aromatic heterocycles. The van der Waals surface area contributed by atoms with Crippen molar-refractivity contribution in [3.63, 3.8) is 0 Å². The second kappa shape index (κ2) is 8.71. The van der Waals surface area contributed by atoms with Gasteiger partial charge in [0, 0.05) is 34.8 Å². The number of carbonyl (C=O) groups excluding carboxylic acids is 1. The van der Waals surface area contributed by atoms with Gasteiger partial charge in [-0.05, 0) is 61.9 Å². The minimum Gasteiger partial charge on any atom is -0.321 e. The lowest BCUT2D eigenvalue weighted by atomic mass is 10.1. The fraction of sp³-hybridized carbons (Fsp3) is 0.273. The molecule has 0 saturated heterocycles. The highest BCUT2D eigenvalue weighted by Gasteiger charge is 2.22. The zero-order valence-electron chi connectivity index (χ0n) is 17.4. The maximum atomic E-state index is 12.8. The topological polar surface area (TPSA) is 79.4 Å². The normalized spacial score (nSPS) is 11.8. The Balaban J connectivity index is 1.91. The van der Waals surface area contributed by atoms with Gasteiger partial charge in [0.15, 0.2) is 0 Å². The van der Waals surface area contributed by atoms with Crippen LogP contribution in [0, 0.1) is 13.8 Å². The monoisotopic (exact) mass is 445 g/mol. The molecule has 0 aliphatic rings. The standard InChI is InChI=1S/C22H24ClN3O3S/c1-5-26(6-2)30(28,29)17-9-7-16(8-10-17)22(27)25-20-13-14(3)24-21-15(4)19(23)12-11-18(20)21/h7-13H,5-6H2,1-4H3,(H,24,25,27). The van der Waals surface area contributed by atoms with Crippen LogP contribution in [-0.4, -0.2) is 36.7 Å². The number of pyridine rings is 1. The number of anilines is 1. The quantitative estimate of drug-likeness (QED) is 0.591. The molecule has 0 aliphatic heterocycles. The third kappa shape index (κ3) is 4.19. The highest BCUT2D eigenvalue weighted by Crippen LogP contribution is 2.30. The fourth-order valence-corrected chi connectivity index (χ4v) is 4.93. The van der Waals surface area contributed by atoms with E-state index in [4.69, 9.17) is 11.6 Å². The number of nitrogens with one attached hydrogen (secondary N) is 1. The van der Waals surface area contributed by atoms with Gasteiger partial charge in [0.2, 0.25) is 10.0 Å². The smallest absolute Gasteiger partial charge is 0.255 e. The largest absolute Gasteiger partial charge is 0.321 e. The molecule has 30 heavy (non-hydrogen) atoms. The Hall–Kier alpha value is -2.48. The fourth-order valence-electron chi connectivity index (χ4n) is 3.32. The molecule has 0 bridgehead atoms. The van der Waals surface area contributed by atoms with Crippen molar-refractivity contribution in [1.29, 1.82) is 0 Å². The number of benzene rings is 2. The average molecular weight is 446 g/mol. The van der Waals surface area contributed by atoms with Crippen molar-refractivity contribution in [1.82, 2.24) is 9.29 Å². The van der Waals surface area contributed by atoms with Gasteiger partial charge in [-0.1, -0.05) is 25.4 Å². The molecule has 0 atom stereocenters. The first kappa shape index (κ1) is 22.2. The number of sulfonamides is 1. The summed E-state index contributed by atoms with van der Waals surface area (Å²) in [6.45, 7) is 8.09. The summed E-state index contributed by atoms with van der Waals surface area (Å²) in [7, 11) is -3.56. The highest BCUT2D eigenvalue weighted by molar-refractivity contribution is 7.89. The van der Waals surface area contributed by atoms with Gasteiger partial charge < -0.3 is 5.32 Å². The molecule has 8 heteroatoms. The first-order valence-electron chi connectivity index (χ1n) is 9.67. The van der Waals surface area contributed by atoms with Crippen LogP contribution in [0.1, 0.15) is 35.5 Å². The Kier molecular flexibility index (Phi) is 6.45.